The highest BCUT2D eigenvalue weighted by Crippen LogP contribution is 2.17. The van der Waals surface area contributed by atoms with Gasteiger partial charge in [0.25, 0.3) is 5.91 Å². The lowest BCUT2D eigenvalue weighted by Crippen LogP contribution is -2.15. The molecule has 2 rings (SSSR count). The lowest BCUT2D eigenvalue weighted by Gasteiger charge is -2.08. The summed E-state index contributed by atoms with van der Waals surface area (Å²) in [5.41, 5.74) is 8.15. The van der Waals surface area contributed by atoms with Crippen molar-refractivity contribution in [2.45, 2.75) is 6.92 Å². The summed E-state index contributed by atoms with van der Waals surface area (Å²) in [7, 11) is 0. The summed E-state index contributed by atoms with van der Waals surface area (Å²) in [5, 5.41) is 8.05. The summed E-state index contributed by atoms with van der Waals surface area (Å²) in [4.78, 5) is 12.1. The van der Waals surface area contributed by atoms with E-state index in [4.69, 9.17) is 18.0 Å². The second-order valence-corrected chi connectivity index (χ2v) is 4.69. The van der Waals surface area contributed by atoms with E-state index in [1.54, 1.807) is 11.4 Å². The molecule has 5 nitrogen and oxygen atoms in total. The van der Waals surface area contributed by atoms with Crippen LogP contribution in [0.25, 0.3) is 0 Å². The van der Waals surface area contributed by atoms with Gasteiger partial charge in [-0.1, -0.05) is 28.8 Å². The smallest absolute Gasteiger partial charge is 0.277 e. The average Bonchev–Trinajstić information content (AvgIpc) is 2.85. The average molecular weight is 278 g/mol. The minimum absolute atomic E-state index is 0.292. The fraction of sp³-hybridized carbons (Fsp3) is 0.0909. The zero-order valence-electron chi connectivity index (χ0n) is 9.51. The standard InChI is InChI=1S/C11H10N4OS2/c1-6-2-3-7(10(12)17)4-8(6)13-11(16)9-5-18-15-14-9/h2-5H,1H3,(H2,12,17)(H,13,16). The summed E-state index contributed by atoms with van der Waals surface area (Å²) in [5.74, 6) is -0.299. The molecule has 0 aliphatic carbocycles. The van der Waals surface area contributed by atoms with Gasteiger partial charge in [0.05, 0.1) is 0 Å². The van der Waals surface area contributed by atoms with E-state index in [-0.39, 0.29) is 5.91 Å². The van der Waals surface area contributed by atoms with Gasteiger partial charge in [0.1, 0.15) is 4.99 Å². The maximum atomic E-state index is 11.8. The molecule has 0 unspecified atom stereocenters. The van der Waals surface area contributed by atoms with Crippen LogP contribution in [0.2, 0.25) is 0 Å². The summed E-state index contributed by atoms with van der Waals surface area (Å²) >= 11 is 6.03. The Morgan fingerprint density at radius 2 is 2.28 bits per heavy atom. The Morgan fingerprint density at radius 1 is 1.50 bits per heavy atom. The monoisotopic (exact) mass is 278 g/mol. The number of hydrogen-bond acceptors (Lipinski definition) is 5. The number of amides is 1. The third-order valence-corrected chi connectivity index (χ3v) is 3.10. The van der Waals surface area contributed by atoms with Crippen LogP contribution in [0.5, 0.6) is 0 Å². The minimum atomic E-state index is -0.299. The molecule has 0 radical (unpaired) electrons. The summed E-state index contributed by atoms with van der Waals surface area (Å²) in [6.07, 6.45) is 0. The molecular weight excluding hydrogens is 268 g/mol. The third-order valence-electron chi connectivity index (χ3n) is 2.36. The van der Waals surface area contributed by atoms with Crippen LogP contribution in [-0.4, -0.2) is 20.5 Å². The second-order valence-electron chi connectivity index (χ2n) is 3.64. The lowest BCUT2D eigenvalue weighted by molar-refractivity contribution is 0.102. The molecule has 2 aromatic rings. The minimum Gasteiger partial charge on any atom is -0.389 e. The molecule has 3 N–H and O–H groups in total. The van der Waals surface area contributed by atoms with Gasteiger partial charge in [-0.3, -0.25) is 4.79 Å². The molecule has 0 atom stereocenters. The van der Waals surface area contributed by atoms with E-state index in [0.29, 0.717) is 21.9 Å². The van der Waals surface area contributed by atoms with Gasteiger partial charge in [-0.15, -0.1) is 5.10 Å². The van der Waals surface area contributed by atoms with Crippen LogP contribution in [0.3, 0.4) is 0 Å². The van der Waals surface area contributed by atoms with E-state index in [9.17, 15) is 4.79 Å². The first-order valence-corrected chi connectivity index (χ1v) is 6.31. The number of nitrogens with zero attached hydrogens (tertiary/aromatic N) is 2. The molecule has 0 bridgehead atoms. The van der Waals surface area contributed by atoms with E-state index >= 15 is 0 Å². The lowest BCUT2D eigenvalue weighted by atomic mass is 10.1. The van der Waals surface area contributed by atoms with Gasteiger partial charge >= 0.3 is 0 Å². The van der Waals surface area contributed by atoms with Crippen LogP contribution in [0, 0.1) is 6.92 Å². The first-order chi connectivity index (χ1) is 8.58. The van der Waals surface area contributed by atoms with Gasteiger partial charge in [-0.05, 0) is 30.1 Å². The van der Waals surface area contributed by atoms with E-state index in [2.05, 4.69) is 14.9 Å². The van der Waals surface area contributed by atoms with E-state index in [1.165, 1.54) is 0 Å². The first-order valence-electron chi connectivity index (χ1n) is 5.07. The van der Waals surface area contributed by atoms with Crippen molar-refractivity contribution in [2.24, 2.45) is 5.73 Å². The van der Waals surface area contributed by atoms with Crippen molar-refractivity contribution in [1.82, 2.24) is 9.59 Å². The number of thiocarbonyl (C=S) groups is 1. The Kier molecular flexibility index (Phi) is 3.63. The topological polar surface area (TPSA) is 80.9 Å². The summed E-state index contributed by atoms with van der Waals surface area (Å²) in [6.45, 7) is 1.89. The van der Waals surface area contributed by atoms with Crippen molar-refractivity contribution < 1.29 is 4.79 Å². The van der Waals surface area contributed by atoms with Gasteiger partial charge in [0, 0.05) is 16.6 Å². The van der Waals surface area contributed by atoms with Crippen molar-refractivity contribution in [3.63, 3.8) is 0 Å². The molecule has 0 fully saturated rings. The number of carbonyl (C=O) groups excluding carboxylic acids is 1. The third kappa shape index (κ3) is 2.69. The molecular formula is C11H10N4OS2. The quantitative estimate of drug-likeness (QED) is 0.836. The number of nitrogens with two attached hydrogens (primary N) is 1. The van der Waals surface area contributed by atoms with Crippen molar-refractivity contribution in [3.8, 4) is 0 Å². The number of hydrogen-bond donors (Lipinski definition) is 2. The Morgan fingerprint density at radius 3 is 2.89 bits per heavy atom. The van der Waals surface area contributed by atoms with Crippen molar-refractivity contribution in [3.05, 3.63) is 40.4 Å². The Labute approximate surface area is 113 Å². The molecule has 18 heavy (non-hydrogen) atoms. The predicted octanol–water partition coefficient (Wildman–Crippen LogP) is 1.73. The predicted molar refractivity (Wildman–Crippen MR) is 74.9 cm³/mol. The van der Waals surface area contributed by atoms with Crippen LogP contribution in [0.1, 0.15) is 21.6 Å². The number of rotatable bonds is 3. The molecule has 1 amide bonds. The van der Waals surface area contributed by atoms with Gasteiger partial charge in [0.15, 0.2) is 5.69 Å². The second kappa shape index (κ2) is 5.19. The highest BCUT2D eigenvalue weighted by Gasteiger charge is 2.11. The maximum absolute atomic E-state index is 11.8. The molecule has 0 aliphatic heterocycles. The van der Waals surface area contributed by atoms with Crippen LogP contribution in [-0.2, 0) is 0 Å². The Balaban J connectivity index is 2.26. The molecule has 0 spiro atoms. The van der Waals surface area contributed by atoms with Gasteiger partial charge < -0.3 is 11.1 Å². The maximum Gasteiger partial charge on any atom is 0.277 e. The van der Waals surface area contributed by atoms with Crippen LogP contribution < -0.4 is 11.1 Å². The Hall–Kier alpha value is -1.86. The van der Waals surface area contributed by atoms with Gasteiger partial charge in [-0.25, -0.2) is 0 Å². The molecule has 0 saturated carbocycles. The Bertz CT molecular complexity index is 595. The number of benzene rings is 1. The van der Waals surface area contributed by atoms with Crippen molar-refractivity contribution in [2.75, 3.05) is 5.32 Å². The number of nitrogens with one attached hydrogen (secondary N) is 1. The first kappa shape index (κ1) is 12.6. The largest absolute Gasteiger partial charge is 0.389 e. The van der Waals surface area contributed by atoms with Crippen molar-refractivity contribution in [1.29, 1.82) is 0 Å². The molecule has 1 aromatic heterocycles. The van der Waals surface area contributed by atoms with E-state index in [1.807, 2.05) is 19.1 Å². The van der Waals surface area contributed by atoms with Crippen LogP contribution in [0.15, 0.2) is 23.6 Å². The van der Waals surface area contributed by atoms with E-state index < -0.39 is 0 Å². The molecule has 0 saturated heterocycles. The van der Waals surface area contributed by atoms with Crippen LogP contribution in [0.4, 0.5) is 5.69 Å². The molecule has 92 valence electrons. The number of anilines is 1. The zero-order valence-corrected chi connectivity index (χ0v) is 11.1. The fourth-order valence-corrected chi connectivity index (χ4v) is 1.92. The van der Waals surface area contributed by atoms with Crippen molar-refractivity contribution >= 4 is 40.3 Å². The summed E-state index contributed by atoms with van der Waals surface area (Å²) in [6, 6.07) is 5.41. The number of carbonyl (C=O) groups is 1. The molecule has 7 heteroatoms. The van der Waals surface area contributed by atoms with Gasteiger partial charge in [0.2, 0.25) is 0 Å². The van der Waals surface area contributed by atoms with E-state index in [0.717, 1.165) is 17.1 Å². The fourth-order valence-electron chi connectivity index (χ4n) is 1.36. The molecule has 1 aromatic carbocycles. The highest BCUT2D eigenvalue weighted by atomic mass is 32.1. The number of aromatic nitrogens is 2. The highest BCUT2D eigenvalue weighted by molar-refractivity contribution is 7.80. The van der Waals surface area contributed by atoms with Gasteiger partial charge in [-0.2, -0.15) is 0 Å². The summed E-state index contributed by atoms with van der Waals surface area (Å²) < 4.78 is 3.64. The SMILES string of the molecule is Cc1ccc(C(N)=S)cc1NC(=O)c1csnn1. The molecule has 1 heterocycles. The molecule has 0 aliphatic rings. The number of aryl methyl sites for hydroxylation is 1. The normalized spacial score (nSPS) is 10.1. The zero-order chi connectivity index (χ0) is 13.1. The van der Waals surface area contributed by atoms with Crippen LogP contribution >= 0.6 is 23.8 Å².